The summed E-state index contributed by atoms with van der Waals surface area (Å²) in [6, 6.07) is 8.32. The lowest BCUT2D eigenvalue weighted by molar-refractivity contribution is -0.133. The van der Waals surface area contributed by atoms with Crippen LogP contribution in [0.25, 0.3) is 0 Å². The maximum Gasteiger partial charge on any atom is 0.224 e. The van der Waals surface area contributed by atoms with Gasteiger partial charge in [-0.2, -0.15) is 0 Å². The minimum Gasteiger partial charge on any atom is -0.336 e. The minimum absolute atomic E-state index is 0.197. The van der Waals surface area contributed by atoms with Crippen molar-refractivity contribution in [3.63, 3.8) is 0 Å². The van der Waals surface area contributed by atoms with E-state index in [1.807, 2.05) is 36.2 Å². The van der Waals surface area contributed by atoms with E-state index < -0.39 is 0 Å². The fourth-order valence-electron chi connectivity index (χ4n) is 1.72. The summed E-state index contributed by atoms with van der Waals surface area (Å²) in [5.41, 5.74) is 1.16. The van der Waals surface area contributed by atoms with Crippen LogP contribution in [0.3, 0.4) is 0 Å². The van der Waals surface area contributed by atoms with Crippen molar-refractivity contribution >= 4 is 21.8 Å². The Balaban J connectivity index is 2.68. The van der Waals surface area contributed by atoms with Crippen LogP contribution in [0.5, 0.6) is 0 Å². The summed E-state index contributed by atoms with van der Waals surface area (Å²) < 4.78 is 1.06. The topological polar surface area (TPSA) is 32.3 Å². The molecule has 0 fully saturated rings. The molecule has 0 radical (unpaired) electrons. The smallest absolute Gasteiger partial charge is 0.224 e. The molecule has 0 atom stereocenters. The molecule has 0 aliphatic carbocycles. The van der Waals surface area contributed by atoms with E-state index in [1.165, 1.54) is 0 Å². The van der Waals surface area contributed by atoms with E-state index in [4.69, 9.17) is 0 Å². The first-order chi connectivity index (χ1) is 8.54. The predicted octanol–water partition coefficient (Wildman–Crippen LogP) is 2.80. The summed E-state index contributed by atoms with van der Waals surface area (Å²) in [4.78, 5) is 14.0. The van der Waals surface area contributed by atoms with Gasteiger partial charge in [-0.3, -0.25) is 4.79 Å². The van der Waals surface area contributed by atoms with E-state index in [1.54, 1.807) is 0 Å². The molecule has 1 aromatic rings. The third-order valence-electron chi connectivity index (χ3n) is 2.80. The molecule has 1 N–H and O–H groups in total. The van der Waals surface area contributed by atoms with E-state index in [-0.39, 0.29) is 11.9 Å². The second-order valence-corrected chi connectivity index (χ2v) is 5.51. The Morgan fingerprint density at radius 2 is 1.94 bits per heavy atom. The van der Waals surface area contributed by atoms with Gasteiger partial charge in [-0.25, -0.2) is 0 Å². The van der Waals surface area contributed by atoms with E-state index in [9.17, 15) is 4.79 Å². The number of carbonyl (C=O) groups excluding carboxylic acids is 1. The molecule has 1 amide bonds. The summed E-state index contributed by atoms with van der Waals surface area (Å²) in [5.74, 6) is 0.197. The van der Waals surface area contributed by atoms with Crippen LogP contribution in [-0.2, 0) is 11.3 Å². The lowest BCUT2D eigenvalue weighted by atomic mass is 10.1. The van der Waals surface area contributed by atoms with Crippen molar-refractivity contribution in [3.05, 3.63) is 34.3 Å². The molecule has 0 bridgehead atoms. The van der Waals surface area contributed by atoms with Gasteiger partial charge in [-0.1, -0.05) is 28.1 Å². The molecule has 0 unspecified atom stereocenters. The van der Waals surface area contributed by atoms with Gasteiger partial charge in [0.25, 0.3) is 0 Å². The second kappa shape index (κ2) is 7.54. The van der Waals surface area contributed by atoms with Gasteiger partial charge in [0, 0.05) is 30.0 Å². The number of hydrogen-bond acceptors (Lipinski definition) is 2. The number of halogens is 1. The van der Waals surface area contributed by atoms with Gasteiger partial charge in [0.05, 0.1) is 0 Å². The van der Waals surface area contributed by atoms with Crippen molar-refractivity contribution in [1.82, 2.24) is 10.2 Å². The molecule has 0 aromatic heterocycles. The third-order valence-corrected chi connectivity index (χ3v) is 3.33. The van der Waals surface area contributed by atoms with Crippen LogP contribution < -0.4 is 5.32 Å². The van der Waals surface area contributed by atoms with E-state index >= 15 is 0 Å². The number of rotatable bonds is 6. The number of nitrogens with zero attached hydrogens (tertiary/aromatic N) is 1. The monoisotopic (exact) mass is 312 g/mol. The van der Waals surface area contributed by atoms with Crippen molar-refractivity contribution in [3.8, 4) is 0 Å². The van der Waals surface area contributed by atoms with E-state index in [0.717, 1.165) is 16.6 Å². The molecule has 18 heavy (non-hydrogen) atoms. The van der Waals surface area contributed by atoms with Crippen molar-refractivity contribution in [2.45, 2.75) is 32.9 Å². The Bertz CT molecular complexity index is 376. The molecule has 100 valence electrons. The van der Waals surface area contributed by atoms with Crippen molar-refractivity contribution < 1.29 is 4.79 Å². The van der Waals surface area contributed by atoms with Gasteiger partial charge in [0.2, 0.25) is 5.91 Å². The van der Waals surface area contributed by atoms with Crippen LogP contribution in [0, 0.1) is 0 Å². The first-order valence-corrected chi connectivity index (χ1v) is 7.02. The van der Waals surface area contributed by atoms with Gasteiger partial charge in [0.15, 0.2) is 0 Å². The standard InChI is InChI=1S/C14H21BrN2O/c1-11(2)17(14(18)8-9-16-3)10-12-4-6-13(15)7-5-12/h4-7,11,16H,8-10H2,1-3H3. The zero-order chi connectivity index (χ0) is 13.5. The largest absolute Gasteiger partial charge is 0.336 e. The zero-order valence-corrected chi connectivity index (χ0v) is 12.8. The lowest BCUT2D eigenvalue weighted by Crippen LogP contribution is -2.37. The van der Waals surface area contributed by atoms with Crippen LogP contribution in [0.2, 0.25) is 0 Å². The fraction of sp³-hybridized carbons (Fsp3) is 0.500. The highest BCUT2D eigenvalue weighted by atomic mass is 79.9. The molecular weight excluding hydrogens is 292 g/mol. The summed E-state index contributed by atoms with van der Waals surface area (Å²) in [7, 11) is 1.86. The first-order valence-electron chi connectivity index (χ1n) is 6.23. The molecule has 1 rings (SSSR count). The molecule has 0 heterocycles. The van der Waals surface area contributed by atoms with Gasteiger partial charge in [-0.05, 0) is 38.6 Å². The summed E-state index contributed by atoms with van der Waals surface area (Å²) >= 11 is 3.41. The van der Waals surface area contributed by atoms with E-state index in [0.29, 0.717) is 13.0 Å². The molecule has 0 saturated heterocycles. The summed E-state index contributed by atoms with van der Waals surface area (Å²) in [5, 5.41) is 3.01. The summed E-state index contributed by atoms with van der Waals surface area (Å²) in [6.07, 6.45) is 0.547. The van der Waals surface area contributed by atoms with Crippen LogP contribution in [0.4, 0.5) is 0 Å². The SMILES string of the molecule is CNCCC(=O)N(Cc1ccc(Br)cc1)C(C)C. The highest BCUT2D eigenvalue weighted by Gasteiger charge is 2.16. The maximum absolute atomic E-state index is 12.1. The van der Waals surface area contributed by atoms with Crippen molar-refractivity contribution in [2.75, 3.05) is 13.6 Å². The molecular formula is C14H21BrN2O. The number of hydrogen-bond donors (Lipinski definition) is 1. The molecule has 0 spiro atoms. The Morgan fingerprint density at radius 1 is 1.33 bits per heavy atom. The lowest BCUT2D eigenvalue weighted by Gasteiger charge is -2.27. The average molecular weight is 313 g/mol. The van der Waals surface area contributed by atoms with Crippen LogP contribution in [0.1, 0.15) is 25.8 Å². The summed E-state index contributed by atoms with van der Waals surface area (Å²) in [6.45, 7) is 5.50. The normalized spacial score (nSPS) is 10.7. The molecule has 4 heteroatoms. The Hall–Kier alpha value is -0.870. The number of amides is 1. The highest BCUT2D eigenvalue weighted by Crippen LogP contribution is 2.14. The molecule has 1 aromatic carbocycles. The van der Waals surface area contributed by atoms with Gasteiger partial charge >= 0.3 is 0 Å². The highest BCUT2D eigenvalue weighted by molar-refractivity contribution is 9.10. The van der Waals surface area contributed by atoms with Crippen LogP contribution >= 0.6 is 15.9 Å². The molecule has 0 saturated carbocycles. The van der Waals surface area contributed by atoms with E-state index in [2.05, 4.69) is 35.1 Å². The number of benzene rings is 1. The Kier molecular flexibility index (Phi) is 6.36. The average Bonchev–Trinajstić information content (AvgIpc) is 2.34. The third kappa shape index (κ3) is 4.78. The van der Waals surface area contributed by atoms with Crippen LogP contribution in [0.15, 0.2) is 28.7 Å². The quantitative estimate of drug-likeness (QED) is 0.876. The Labute approximate surface area is 118 Å². The van der Waals surface area contributed by atoms with Gasteiger partial charge in [0.1, 0.15) is 0 Å². The van der Waals surface area contributed by atoms with Crippen molar-refractivity contribution in [1.29, 1.82) is 0 Å². The second-order valence-electron chi connectivity index (χ2n) is 4.60. The van der Waals surface area contributed by atoms with Gasteiger partial charge in [-0.15, -0.1) is 0 Å². The fourth-order valence-corrected chi connectivity index (χ4v) is 1.99. The first kappa shape index (κ1) is 15.2. The molecule has 3 nitrogen and oxygen atoms in total. The number of nitrogens with one attached hydrogen (secondary N) is 1. The van der Waals surface area contributed by atoms with Gasteiger partial charge < -0.3 is 10.2 Å². The zero-order valence-electron chi connectivity index (χ0n) is 11.2. The predicted molar refractivity (Wildman–Crippen MR) is 78.4 cm³/mol. The van der Waals surface area contributed by atoms with Crippen LogP contribution in [-0.4, -0.2) is 30.4 Å². The molecule has 0 aliphatic heterocycles. The number of carbonyl (C=O) groups is 1. The minimum atomic E-state index is 0.197. The maximum atomic E-state index is 12.1. The van der Waals surface area contributed by atoms with Crippen molar-refractivity contribution in [2.24, 2.45) is 0 Å². The Morgan fingerprint density at radius 3 is 2.44 bits per heavy atom. The molecule has 0 aliphatic rings.